The molecular weight excluding hydrogens is 279 g/mol. The van der Waals surface area contributed by atoms with Crippen LogP contribution in [0.15, 0.2) is 24.3 Å². The molecule has 0 spiro atoms. The fraction of sp³-hybridized carbons (Fsp3) is 0.400. The van der Waals surface area contributed by atoms with Crippen LogP contribution in [-0.4, -0.2) is 16.1 Å². The van der Waals surface area contributed by atoms with Crippen LogP contribution >= 0.6 is 0 Å². The van der Waals surface area contributed by atoms with E-state index in [0.717, 1.165) is 5.56 Å². The molecule has 0 atom stereocenters. The third-order valence-electron chi connectivity index (χ3n) is 3.75. The minimum atomic E-state index is -4.46. The first-order chi connectivity index (χ1) is 10.0. The topological polar surface area (TPSA) is 29.9 Å². The number of aromatic nitrogens is 2. The summed E-state index contributed by atoms with van der Waals surface area (Å²) in [4.78, 5) is 3.85. The third-order valence-corrected chi connectivity index (χ3v) is 3.75. The number of aryl methyl sites for hydroxylation is 1. The third kappa shape index (κ3) is 2.44. The molecule has 0 radical (unpaired) electrons. The zero-order chi connectivity index (χ0) is 15.0. The van der Waals surface area contributed by atoms with Crippen molar-refractivity contribution in [2.45, 2.75) is 32.5 Å². The molecule has 1 aliphatic heterocycles. The first-order valence-electron chi connectivity index (χ1n) is 6.99. The van der Waals surface area contributed by atoms with E-state index in [4.69, 9.17) is 0 Å². The largest absolute Gasteiger partial charge is 0.450 e. The van der Waals surface area contributed by atoms with E-state index in [2.05, 4.69) is 10.3 Å². The van der Waals surface area contributed by atoms with Crippen molar-refractivity contribution < 1.29 is 13.2 Å². The van der Waals surface area contributed by atoms with Gasteiger partial charge in [-0.15, -0.1) is 0 Å². The van der Waals surface area contributed by atoms with Crippen molar-refractivity contribution in [1.29, 1.82) is 0 Å². The minimum absolute atomic E-state index is 0.389. The van der Waals surface area contributed by atoms with Crippen molar-refractivity contribution in [3.05, 3.63) is 47.0 Å². The lowest BCUT2D eigenvalue weighted by Gasteiger charge is -2.19. The van der Waals surface area contributed by atoms with Gasteiger partial charge in [-0.3, -0.25) is 4.57 Å². The highest BCUT2D eigenvalue weighted by atomic mass is 19.4. The van der Waals surface area contributed by atoms with E-state index in [9.17, 15) is 13.2 Å². The maximum absolute atomic E-state index is 13.4. The van der Waals surface area contributed by atoms with Crippen molar-refractivity contribution in [3.8, 4) is 5.69 Å². The fourth-order valence-corrected chi connectivity index (χ4v) is 2.79. The van der Waals surface area contributed by atoms with Gasteiger partial charge in [-0.1, -0.05) is 25.1 Å². The van der Waals surface area contributed by atoms with Gasteiger partial charge in [0.05, 0.1) is 11.4 Å². The number of imidazole rings is 1. The second kappa shape index (κ2) is 5.18. The van der Waals surface area contributed by atoms with Crippen LogP contribution in [0.1, 0.15) is 29.7 Å². The van der Waals surface area contributed by atoms with Crippen LogP contribution in [0.5, 0.6) is 0 Å². The minimum Gasteiger partial charge on any atom is -0.311 e. The van der Waals surface area contributed by atoms with Gasteiger partial charge < -0.3 is 5.32 Å². The van der Waals surface area contributed by atoms with E-state index in [1.54, 1.807) is 12.1 Å². The smallest absolute Gasteiger partial charge is 0.311 e. The summed E-state index contributed by atoms with van der Waals surface area (Å²) in [6.45, 7) is 3.00. The number of fused-ring (bicyclic) bond motifs is 1. The summed E-state index contributed by atoms with van der Waals surface area (Å²) in [6.07, 6.45) is -3.23. The van der Waals surface area contributed by atoms with Crippen LogP contribution in [0.3, 0.4) is 0 Å². The molecule has 0 saturated carbocycles. The summed E-state index contributed by atoms with van der Waals surface area (Å²) in [5.41, 5.74) is 2.64. The number of alkyl halides is 3. The summed E-state index contributed by atoms with van der Waals surface area (Å²) in [5.74, 6) is -0.822. The Kier molecular flexibility index (Phi) is 3.49. The summed E-state index contributed by atoms with van der Waals surface area (Å²) in [6, 6.07) is 7.21. The average molecular weight is 295 g/mol. The number of halogens is 3. The molecule has 0 saturated heterocycles. The Morgan fingerprint density at radius 2 is 2.05 bits per heavy atom. The van der Waals surface area contributed by atoms with E-state index in [1.807, 2.05) is 19.1 Å². The SMILES string of the molecule is CCc1ccccc1-n1c(C(F)(F)F)nc2c1CCNC2. The Labute approximate surface area is 120 Å². The number of nitrogens with one attached hydrogen (secondary N) is 1. The Hall–Kier alpha value is -1.82. The molecule has 112 valence electrons. The first-order valence-corrected chi connectivity index (χ1v) is 6.99. The number of hydrogen-bond acceptors (Lipinski definition) is 2. The predicted molar refractivity (Wildman–Crippen MR) is 73.4 cm³/mol. The van der Waals surface area contributed by atoms with E-state index >= 15 is 0 Å². The quantitative estimate of drug-likeness (QED) is 0.922. The maximum atomic E-state index is 13.4. The highest BCUT2D eigenvalue weighted by Gasteiger charge is 2.39. The summed E-state index contributed by atoms with van der Waals surface area (Å²) in [5, 5.41) is 3.07. The molecule has 2 heterocycles. The summed E-state index contributed by atoms with van der Waals surface area (Å²) >= 11 is 0. The molecular formula is C15H16F3N3. The molecule has 1 aliphatic rings. The molecule has 0 amide bonds. The van der Waals surface area contributed by atoms with Crippen molar-refractivity contribution in [2.75, 3.05) is 6.54 Å². The Morgan fingerprint density at radius 1 is 1.29 bits per heavy atom. The Balaban J connectivity index is 2.27. The standard InChI is InChI=1S/C15H16F3N3/c1-2-10-5-3-4-6-12(10)21-13-7-8-19-9-11(13)20-14(21)15(16,17)18/h3-6,19H,2,7-9H2,1H3. The number of para-hydroxylation sites is 1. The van der Waals surface area contributed by atoms with Gasteiger partial charge in [-0.2, -0.15) is 13.2 Å². The highest BCUT2D eigenvalue weighted by Crippen LogP contribution is 2.34. The van der Waals surface area contributed by atoms with E-state index in [1.165, 1.54) is 4.57 Å². The first kappa shape index (κ1) is 14.1. The van der Waals surface area contributed by atoms with Crippen LogP contribution in [-0.2, 0) is 25.6 Å². The highest BCUT2D eigenvalue weighted by molar-refractivity contribution is 5.45. The van der Waals surface area contributed by atoms with Crippen molar-refractivity contribution in [3.63, 3.8) is 0 Å². The predicted octanol–water partition coefficient (Wildman–Crippen LogP) is 3.10. The molecule has 0 fully saturated rings. The summed E-state index contributed by atoms with van der Waals surface area (Å²) in [7, 11) is 0. The lowest BCUT2D eigenvalue weighted by molar-refractivity contribution is -0.146. The zero-order valence-corrected chi connectivity index (χ0v) is 11.7. The molecule has 3 nitrogen and oxygen atoms in total. The van der Waals surface area contributed by atoms with Gasteiger partial charge in [0.2, 0.25) is 5.82 Å². The average Bonchev–Trinajstić information content (AvgIpc) is 2.86. The van der Waals surface area contributed by atoms with Crippen molar-refractivity contribution in [2.24, 2.45) is 0 Å². The normalized spacial score (nSPS) is 15.0. The second-order valence-corrected chi connectivity index (χ2v) is 5.07. The molecule has 1 aromatic carbocycles. The number of rotatable bonds is 2. The number of benzene rings is 1. The molecule has 2 aromatic rings. The van der Waals surface area contributed by atoms with Crippen LogP contribution in [0.2, 0.25) is 0 Å². The molecule has 0 aliphatic carbocycles. The van der Waals surface area contributed by atoms with E-state index in [-0.39, 0.29) is 0 Å². The van der Waals surface area contributed by atoms with Crippen LogP contribution < -0.4 is 5.32 Å². The van der Waals surface area contributed by atoms with Gasteiger partial charge in [-0.25, -0.2) is 4.98 Å². The van der Waals surface area contributed by atoms with Crippen molar-refractivity contribution in [1.82, 2.24) is 14.9 Å². The molecule has 1 N–H and O–H groups in total. The van der Waals surface area contributed by atoms with Crippen LogP contribution in [0.25, 0.3) is 5.69 Å². The molecule has 21 heavy (non-hydrogen) atoms. The van der Waals surface area contributed by atoms with Gasteiger partial charge in [0.15, 0.2) is 0 Å². The monoisotopic (exact) mass is 295 g/mol. The zero-order valence-electron chi connectivity index (χ0n) is 11.7. The lowest BCUT2D eigenvalue weighted by atomic mass is 10.1. The van der Waals surface area contributed by atoms with Gasteiger partial charge in [0.1, 0.15) is 0 Å². The van der Waals surface area contributed by atoms with E-state index < -0.39 is 12.0 Å². The number of nitrogens with zero attached hydrogens (tertiary/aromatic N) is 2. The summed E-state index contributed by atoms with van der Waals surface area (Å²) < 4.78 is 41.4. The molecule has 6 heteroatoms. The number of hydrogen-bond donors (Lipinski definition) is 1. The van der Waals surface area contributed by atoms with Gasteiger partial charge in [0.25, 0.3) is 0 Å². The Morgan fingerprint density at radius 3 is 2.76 bits per heavy atom. The van der Waals surface area contributed by atoms with Crippen molar-refractivity contribution >= 4 is 0 Å². The molecule has 0 unspecified atom stereocenters. The van der Waals surface area contributed by atoms with Crippen LogP contribution in [0.4, 0.5) is 13.2 Å². The molecule has 3 rings (SSSR count). The Bertz CT molecular complexity index is 659. The van der Waals surface area contributed by atoms with E-state index in [0.29, 0.717) is 43.0 Å². The maximum Gasteiger partial charge on any atom is 0.450 e. The van der Waals surface area contributed by atoms with Crippen LogP contribution in [0, 0.1) is 0 Å². The second-order valence-electron chi connectivity index (χ2n) is 5.07. The molecule has 1 aromatic heterocycles. The fourth-order valence-electron chi connectivity index (χ4n) is 2.79. The van der Waals surface area contributed by atoms with Gasteiger partial charge >= 0.3 is 6.18 Å². The van der Waals surface area contributed by atoms with Gasteiger partial charge in [0, 0.05) is 25.2 Å². The van der Waals surface area contributed by atoms with Gasteiger partial charge in [-0.05, 0) is 18.1 Å². The lowest BCUT2D eigenvalue weighted by Crippen LogP contribution is -2.25. The molecule has 0 bridgehead atoms.